The van der Waals surface area contributed by atoms with E-state index in [-0.39, 0.29) is 16.3 Å². The number of carbonyl (C=O) groups excluding carboxylic acids is 2. The molecule has 1 amide bonds. The summed E-state index contributed by atoms with van der Waals surface area (Å²) in [5.74, 6) is 0.0705. The molecule has 1 atom stereocenters. The minimum atomic E-state index is 0.0473. The quantitative estimate of drug-likeness (QED) is 0.845. The van der Waals surface area contributed by atoms with Crippen LogP contribution < -0.4 is 0 Å². The van der Waals surface area contributed by atoms with Crippen LogP contribution in [-0.2, 0) is 16.1 Å². The highest BCUT2D eigenvalue weighted by atomic mass is 32.2. The van der Waals surface area contributed by atoms with Crippen LogP contribution in [0.2, 0.25) is 0 Å². The predicted molar refractivity (Wildman–Crippen MR) is 73.3 cm³/mol. The van der Waals surface area contributed by atoms with Crippen molar-refractivity contribution in [2.24, 2.45) is 0 Å². The second kappa shape index (κ2) is 5.89. The van der Waals surface area contributed by atoms with Gasteiger partial charge in [0.05, 0.1) is 11.6 Å². The van der Waals surface area contributed by atoms with Gasteiger partial charge in [-0.3, -0.25) is 9.59 Å². The molecule has 1 aromatic rings. The highest BCUT2D eigenvalue weighted by Crippen LogP contribution is 2.25. The van der Waals surface area contributed by atoms with Crippen LogP contribution in [0.4, 0.5) is 0 Å². The Kier molecular flexibility index (Phi) is 4.23. The summed E-state index contributed by atoms with van der Waals surface area (Å²) < 4.78 is 0. The molecular weight excluding hydrogens is 260 g/mol. The van der Waals surface area contributed by atoms with E-state index in [9.17, 15) is 9.59 Å². The van der Waals surface area contributed by atoms with Crippen LogP contribution in [0.25, 0.3) is 0 Å². The predicted octanol–water partition coefficient (Wildman–Crippen LogP) is 1.94. The Hall–Kier alpha value is -1.80. The van der Waals surface area contributed by atoms with Crippen LogP contribution in [0.3, 0.4) is 0 Å². The number of hydrogen-bond acceptors (Lipinski definition) is 4. The fourth-order valence-electron chi connectivity index (χ4n) is 2.16. The van der Waals surface area contributed by atoms with Gasteiger partial charge in [-0.15, -0.1) is 0 Å². The van der Waals surface area contributed by atoms with Gasteiger partial charge in [0, 0.05) is 31.7 Å². The molecule has 0 aliphatic carbocycles. The van der Waals surface area contributed by atoms with Gasteiger partial charge in [-0.25, -0.2) is 0 Å². The number of nitriles is 1. The summed E-state index contributed by atoms with van der Waals surface area (Å²) in [6.07, 6.45) is 0.419. The molecule has 1 aliphatic rings. The minimum absolute atomic E-state index is 0.0473. The molecule has 1 fully saturated rings. The van der Waals surface area contributed by atoms with Gasteiger partial charge in [0.15, 0.2) is 5.12 Å². The number of benzene rings is 1. The number of thioether (sulfide) groups is 1. The molecule has 0 radical (unpaired) electrons. The van der Waals surface area contributed by atoms with Gasteiger partial charge >= 0.3 is 0 Å². The first kappa shape index (κ1) is 13.6. The fourth-order valence-corrected chi connectivity index (χ4v) is 3.11. The molecule has 0 N–H and O–H groups in total. The van der Waals surface area contributed by atoms with E-state index in [0.717, 1.165) is 5.56 Å². The van der Waals surface area contributed by atoms with E-state index in [2.05, 4.69) is 6.07 Å². The second-order valence-corrected chi connectivity index (χ2v) is 6.00. The van der Waals surface area contributed by atoms with Crippen LogP contribution in [0.5, 0.6) is 0 Å². The van der Waals surface area contributed by atoms with Crippen LogP contribution in [-0.4, -0.2) is 27.7 Å². The van der Waals surface area contributed by atoms with E-state index >= 15 is 0 Å². The van der Waals surface area contributed by atoms with Crippen molar-refractivity contribution >= 4 is 22.8 Å². The Morgan fingerprint density at radius 1 is 1.58 bits per heavy atom. The summed E-state index contributed by atoms with van der Waals surface area (Å²) >= 11 is 1.23. The summed E-state index contributed by atoms with van der Waals surface area (Å²) in [7, 11) is 0. The van der Waals surface area contributed by atoms with E-state index in [1.807, 2.05) is 12.1 Å². The third kappa shape index (κ3) is 3.58. The normalized spacial score (nSPS) is 18.4. The lowest BCUT2D eigenvalue weighted by molar-refractivity contribution is -0.128. The molecule has 0 saturated carbocycles. The monoisotopic (exact) mass is 274 g/mol. The summed E-state index contributed by atoms with van der Waals surface area (Å²) in [6.45, 7) is 2.62. The molecule has 1 aromatic carbocycles. The topological polar surface area (TPSA) is 61.2 Å². The average Bonchev–Trinajstić information content (AvgIpc) is 2.69. The summed E-state index contributed by atoms with van der Waals surface area (Å²) in [4.78, 5) is 24.7. The largest absolute Gasteiger partial charge is 0.337 e. The van der Waals surface area contributed by atoms with Gasteiger partial charge in [0.25, 0.3) is 0 Å². The zero-order chi connectivity index (χ0) is 13.8. The van der Waals surface area contributed by atoms with Crippen molar-refractivity contribution in [2.75, 3.05) is 6.54 Å². The van der Waals surface area contributed by atoms with E-state index in [1.54, 1.807) is 17.0 Å². The molecule has 1 saturated heterocycles. The number of rotatable bonds is 3. The Morgan fingerprint density at radius 2 is 2.37 bits per heavy atom. The second-order valence-electron chi connectivity index (χ2n) is 4.52. The molecule has 98 valence electrons. The minimum Gasteiger partial charge on any atom is -0.337 e. The third-order valence-electron chi connectivity index (χ3n) is 2.94. The first-order chi connectivity index (χ1) is 9.08. The van der Waals surface area contributed by atoms with Crippen LogP contribution in [0.1, 0.15) is 24.5 Å². The maximum absolute atomic E-state index is 11.9. The molecule has 5 heteroatoms. The lowest BCUT2D eigenvalue weighted by Gasteiger charge is -2.16. The van der Waals surface area contributed by atoms with Gasteiger partial charge in [0.2, 0.25) is 5.91 Å². The zero-order valence-electron chi connectivity index (χ0n) is 10.6. The van der Waals surface area contributed by atoms with Crippen molar-refractivity contribution in [1.82, 2.24) is 4.90 Å². The number of likely N-dealkylation sites (tertiary alicyclic amines) is 1. The average molecular weight is 274 g/mol. The third-order valence-corrected chi connectivity index (χ3v) is 3.92. The molecule has 19 heavy (non-hydrogen) atoms. The first-order valence-corrected chi connectivity index (χ1v) is 6.90. The number of nitrogens with zero attached hydrogens (tertiary/aromatic N) is 2. The van der Waals surface area contributed by atoms with Crippen molar-refractivity contribution in [1.29, 1.82) is 5.26 Å². The van der Waals surface area contributed by atoms with Crippen LogP contribution in [0.15, 0.2) is 24.3 Å². The molecule has 0 aromatic heterocycles. The van der Waals surface area contributed by atoms with E-state index in [4.69, 9.17) is 5.26 Å². The molecule has 1 heterocycles. The van der Waals surface area contributed by atoms with Crippen LogP contribution >= 0.6 is 11.8 Å². The van der Waals surface area contributed by atoms with Gasteiger partial charge in [-0.1, -0.05) is 23.9 Å². The lowest BCUT2D eigenvalue weighted by Crippen LogP contribution is -2.25. The van der Waals surface area contributed by atoms with E-state index in [0.29, 0.717) is 25.1 Å². The SMILES string of the molecule is CC(=O)SC1CC(=O)N(Cc2cccc(C#N)c2)C1. The van der Waals surface area contributed by atoms with Crippen molar-refractivity contribution in [3.05, 3.63) is 35.4 Å². The standard InChI is InChI=1S/C14H14N2O2S/c1-10(17)19-13-6-14(18)16(9-13)8-12-4-2-3-11(5-12)7-15/h2-5,13H,6,8-9H2,1H3. The summed E-state index contributed by atoms with van der Waals surface area (Å²) in [5.41, 5.74) is 1.54. The molecule has 1 unspecified atom stereocenters. The summed E-state index contributed by atoms with van der Waals surface area (Å²) in [6, 6.07) is 9.33. The van der Waals surface area contributed by atoms with Crippen LogP contribution in [0, 0.1) is 11.3 Å². The zero-order valence-corrected chi connectivity index (χ0v) is 11.4. The van der Waals surface area contributed by atoms with E-state index < -0.39 is 0 Å². The molecule has 1 aliphatic heterocycles. The highest BCUT2D eigenvalue weighted by Gasteiger charge is 2.30. The van der Waals surface area contributed by atoms with Crippen molar-refractivity contribution in [3.8, 4) is 6.07 Å². The lowest BCUT2D eigenvalue weighted by atomic mass is 10.1. The smallest absolute Gasteiger partial charge is 0.224 e. The molecule has 0 spiro atoms. The molecule has 0 bridgehead atoms. The number of amides is 1. The van der Waals surface area contributed by atoms with Gasteiger partial charge in [-0.2, -0.15) is 5.26 Å². The van der Waals surface area contributed by atoms with Crippen molar-refractivity contribution < 1.29 is 9.59 Å². The Labute approximate surface area is 116 Å². The molecule has 4 nitrogen and oxygen atoms in total. The number of carbonyl (C=O) groups is 2. The van der Waals surface area contributed by atoms with Crippen molar-refractivity contribution in [3.63, 3.8) is 0 Å². The van der Waals surface area contributed by atoms with Crippen molar-refractivity contribution in [2.45, 2.75) is 25.1 Å². The maximum atomic E-state index is 11.9. The molecular formula is C14H14N2O2S. The first-order valence-electron chi connectivity index (χ1n) is 6.02. The maximum Gasteiger partial charge on any atom is 0.224 e. The fraction of sp³-hybridized carbons (Fsp3) is 0.357. The van der Waals surface area contributed by atoms with Gasteiger partial charge in [0.1, 0.15) is 0 Å². The number of hydrogen-bond donors (Lipinski definition) is 0. The Bertz CT molecular complexity index is 551. The van der Waals surface area contributed by atoms with Gasteiger partial charge < -0.3 is 4.90 Å². The van der Waals surface area contributed by atoms with Gasteiger partial charge in [-0.05, 0) is 17.7 Å². The van der Waals surface area contributed by atoms with E-state index in [1.165, 1.54) is 18.7 Å². The Morgan fingerprint density at radius 3 is 3.05 bits per heavy atom. The molecule has 2 rings (SSSR count). The highest BCUT2D eigenvalue weighted by molar-refractivity contribution is 8.14. The summed E-state index contributed by atoms with van der Waals surface area (Å²) in [5, 5.41) is 8.95. The Balaban J connectivity index is 2.01.